The SMILES string of the molecule is Cc1cc(C(C)N)cc2c1OCCCO2. The average Bonchev–Trinajstić information content (AvgIpc) is 2.42. The Morgan fingerprint density at radius 1 is 1.27 bits per heavy atom. The number of hydrogen-bond donors (Lipinski definition) is 1. The van der Waals surface area contributed by atoms with Crippen LogP contribution >= 0.6 is 0 Å². The molecule has 2 rings (SSSR count). The fourth-order valence-electron chi connectivity index (χ4n) is 1.74. The van der Waals surface area contributed by atoms with Gasteiger partial charge >= 0.3 is 0 Å². The van der Waals surface area contributed by atoms with Crippen molar-refractivity contribution in [1.29, 1.82) is 0 Å². The van der Waals surface area contributed by atoms with Crippen LogP contribution in [0.25, 0.3) is 0 Å². The second kappa shape index (κ2) is 4.11. The second-order valence-corrected chi connectivity index (χ2v) is 4.00. The van der Waals surface area contributed by atoms with Crippen molar-refractivity contribution < 1.29 is 9.47 Å². The van der Waals surface area contributed by atoms with E-state index in [1.165, 1.54) is 0 Å². The molecule has 0 bridgehead atoms. The Bertz CT molecular complexity index is 361. The molecule has 0 aliphatic carbocycles. The molecule has 0 amide bonds. The second-order valence-electron chi connectivity index (χ2n) is 4.00. The minimum atomic E-state index is 0.0286. The van der Waals surface area contributed by atoms with E-state index in [4.69, 9.17) is 15.2 Å². The van der Waals surface area contributed by atoms with Crippen molar-refractivity contribution in [3.8, 4) is 11.5 Å². The van der Waals surface area contributed by atoms with Crippen LogP contribution < -0.4 is 15.2 Å². The summed E-state index contributed by atoms with van der Waals surface area (Å²) in [6, 6.07) is 4.08. The van der Waals surface area contributed by atoms with E-state index in [1.54, 1.807) is 0 Å². The molecule has 3 heteroatoms. The molecule has 0 fully saturated rings. The monoisotopic (exact) mass is 207 g/mol. The Labute approximate surface area is 90.2 Å². The van der Waals surface area contributed by atoms with Crippen molar-refractivity contribution in [2.45, 2.75) is 26.3 Å². The van der Waals surface area contributed by atoms with Gasteiger partial charge < -0.3 is 15.2 Å². The number of fused-ring (bicyclic) bond motifs is 1. The summed E-state index contributed by atoms with van der Waals surface area (Å²) in [6.07, 6.45) is 0.932. The van der Waals surface area contributed by atoms with Gasteiger partial charge in [0, 0.05) is 12.5 Å². The predicted octanol–water partition coefficient (Wildman–Crippen LogP) is 2.18. The molecule has 1 aliphatic heterocycles. The largest absolute Gasteiger partial charge is 0.490 e. The van der Waals surface area contributed by atoms with Gasteiger partial charge in [-0.25, -0.2) is 0 Å². The third-order valence-corrected chi connectivity index (χ3v) is 2.58. The van der Waals surface area contributed by atoms with E-state index in [2.05, 4.69) is 6.07 Å². The van der Waals surface area contributed by atoms with Crippen LogP contribution in [0.5, 0.6) is 11.5 Å². The van der Waals surface area contributed by atoms with Gasteiger partial charge in [-0.05, 0) is 31.0 Å². The van der Waals surface area contributed by atoms with Crippen LogP contribution in [-0.4, -0.2) is 13.2 Å². The van der Waals surface area contributed by atoms with Crippen molar-refractivity contribution in [2.75, 3.05) is 13.2 Å². The Morgan fingerprint density at radius 2 is 2.00 bits per heavy atom. The molecule has 15 heavy (non-hydrogen) atoms. The molecule has 0 radical (unpaired) electrons. The summed E-state index contributed by atoms with van der Waals surface area (Å²) in [7, 11) is 0. The predicted molar refractivity (Wildman–Crippen MR) is 59.4 cm³/mol. The maximum Gasteiger partial charge on any atom is 0.164 e. The van der Waals surface area contributed by atoms with Crippen molar-refractivity contribution >= 4 is 0 Å². The first-order valence-electron chi connectivity index (χ1n) is 5.34. The number of ether oxygens (including phenoxy) is 2. The van der Waals surface area contributed by atoms with Gasteiger partial charge in [0.05, 0.1) is 13.2 Å². The molecule has 0 spiro atoms. The van der Waals surface area contributed by atoms with Crippen LogP contribution in [0, 0.1) is 6.92 Å². The van der Waals surface area contributed by atoms with E-state index in [9.17, 15) is 0 Å². The molecule has 1 aliphatic rings. The third kappa shape index (κ3) is 2.07. The Morgan fingerprint density at radius 3 is 2.73 bits per heavy atom. The maximum atomic E-state index is 5.86. The zero-order chi connectivity index (χ0) is 10.8. The van der Waals surface area contributed by atoms with Crippen LogP contribution in [0.1, 0.15) is 30.5 Å². The number of nitrogens with two attached hydrogens (primary N) is 1. The van der Waals surface area contributed by atoms with Crippen molar-refractivity contribution in [3.63, 3.8) is 0 Å². The zero-order valence-corrected chi connectivity index (χ0v) is 9.25. The fraction of sp³-hybridized carbons (Fsp3) is 0.500. The van der Waals surface area contributed by atoms with Crippen LogP contribution in [0.2, 0.25) is 0 Å². The first kappa shape index (κ1) is 10.3. The Hall–Kier alpha value is -1.22. The summed E-state index contributed by atoms with van der Waals surface area (Å²) >= 11 is 0. The van der Waals surface area contributed by atoms with Gasteiger partial charge in [0.15, 0.2) is 11.5 Å². The lowest BCUT2D eigenvalue weighted by molar-refractivity contribution is 0.296. The number of benzene rings is 1. The highest BCUT2D eigenvalue weighted by Crippen LogP contribution is 2.35. The smallest absolute Gasteiger partial charge is 0.164 e. The van der Waals surface area contributed by atoms with Gasteiger partial charge in [0.25, 0.3) is 0 Å². The lowest BCUT2D eigenvalue weighted by Gasteiger charge is -2.14. The highest BCUT2D eigenvalue weighted by atomic mass is 16.5. The number of hydrogen-bond acceptors (Lipinski definition) is 3. The summed E-state index contributed by atoms with van der Waals surface area (Å²) in [6.45, 7) is 5.44. The lowest BCUT2D eigenvalue weighted by atomic mass is 10.0. The van der Waals surface area contributed by atoms with E-state index < -0.39 is 0 Å². The van der Waals surface area contributed by atoms with E-state index in [0.29, 0.717) is 0 Å². The Balaban J connectivity index is 2.44. The summed E-state index contributed by atoms with van der Waals surface area (Å²) in [5.41, 5.74) is 8.05. The quantitative estimate of drug-likeness (QED) is 0.767. The number of aryl methyl sites for hydroxylation is 1. The molecule has 1 aromatic carbocycles. The Kier molecular flexibility index (Phi) is 2.82. The molecular weight excluding hydrogens is 190 g/mol. The van der Waals surface area contributed by atoms with Crippen LogP contribution in [0.15, 0.2) is 12.1 Å². The molecule has 1 atom stereocenters. The fourth-order valence-corrected chi connectivity index (χ4v) is 1.74. The standard InChI is InChI=1S/C12H17NO2/c1-8-6-10(9(2)13)7-11-12(8)15-5-3-4-14-11/h6-7,9H,3-5,13H2,1-2H3. The van der Waals surface area contributed by atoms with Gasteiger partial charge in [-0.1, -0.05) is 6.07 Å². The topological polar surface area (TPSA) is 44.5 Å². The van der Waals surface area contributed by atoms with E-state index in [1.807, 2.05) is 19.9 Å². The van der Waals surface area contributed by atoms with E-state index >= 15 is 0 Å². The summed E-state index contributed by atoms with van der Waals surface area (Å²) in [5.74, 6) is 1.71. The number of rotatable bonds is 1. The van der Waals surface area contributed by atoms with Gasteiger partial charge in [-0.3, -0.25) is 0 Å². The maximum absolute atomic E-state index is 5.86. The van der Waals surface area contributed by atoms with Crippen LogP contribution in [0.4, 0.5) is 0 Å². The molecule has 1 unspecified atom stereocenters. The van der Waals surface area contributed by atoms with Crippen molar-refractivity contribution in [2.24, 2.45) is 5.73 Å². The van der Waals surface area contributed by atoms with Gasteiger partial charge in [0.1, 0.15) is 0 Å². The van der Waals surface area contributed by atoms with Crippen molar-refractivity contribution in [1.82, 2.24) is 0 Å². The third-order valence-electron chi connectivity index (χ3n) is 2.58. The summed E-state index contributed by atoms with van der Waals surface area (Å²) in [4.78, 5) is 0. The first-order chi connectivity index (χ1) is 7.18. The van der Waals surface area contributed by atoms with E-state index in [0.717, 1.165) is 42.3 Å². The molecule has 2 N–H and O–H groups in total. The van der Waals surface area contributed by atoms with Crippen molar-refractivity contribution in [3.05, 3.63) is 23.3 Å². The minimum absolute atomic E-state index is 0.0286. The van der Waals surface area contributed by atoms with Crippen LogP contribution in [-0.2, 0) is 0 Å². The molecule has 0 saturated carbocycles. The normalized spacial score (nSPS) is 17.0. The highest BCUT2D eigenvalue weighted by Gasteiger charge is 2.15. The summed E-state index contributed by atoms with van der Waals surface area (Å²) < 4.78 is 11.3. The molecule has 1 heterocycles. The molecule has 0 saturated heterocycles. The van der Waals surface area contributed by atoms with E-state index in [-0.39, 0.29) is 6.04 Å². The lowest BCUT2D eigenvalue weighted by Crippen LogP contribution is -2.06. The van der Waals surface area contributed by atoms with Gasteiger partial charge in [0.2, 0.25) is 0 Å². The molecule has 3 nitrogen and oxygen atoms in total. The molecule has 0 aromatic heterocycles. The molecular formula is C12H17NO2. The minimum Gasteiger partial charge on any atom is -0.490 e. The average molecular weight is 207 g/mol. The molecule has 1 aromatic rings. The van der Waals surface area contributed by atoms with Crippen LogP contribution in [0.3, 0.4) is 0 Å². The van der Waals surface area contributed by atoms with Gasteiger partial charge in [-0.2, -0.15) is 0 Å². The van der Waals surface area contributed by atoms with Gasteiger partial charge in [-0.15, -0.1) is 0 Å². The highest BCUT2D eigenvalue weighted by molar-refractivity contribution is 5.49. The summed E-state index contributed by atoms with van der Waals surface area (Å²) in [5, 5.41) is 0. The molecule has 82 valence electrons. The zero-order valence-electron chi connectivity index (χ0n) is 9.25. The first-order valence-corrected chi connectivity index (χ1v) is 5.34.